The van der Waals surface area contributed by atoms with Crippen molar-refractivity contribution in [1.82, 2.24) is 9.80 Å². The van der Waals surface area contributed by atoms with Crippen molar-refractivity contribution in [3.63, 3.8) is 0 Å². The summed E-state index contributed by atoms with van der Waals surface area (Å²) in [7, 11) is 0. The van der Waals surface area contributed by atoms with E-state index in [1.807, 2.05) is 0 Å². The van der Waals surface area contributed by atoms with Gasteiger partial charge in [0, 0.05) is 39.3 Å². The molecule has 0 spiro atoms. The van der Waals surface area contributed by atoms with E-state index in [-0.39, 0.29) is 0 Å². The van der Waals surface area contributed by atoms with Crippen LogP contribution in [-0.2, 0) is 0 Å². The van der Waals surface area contributed by atoms with Crippen LogP contribution in [0.3, 0.4) is 0 Å². The Labute approximate surface area is 96.0 Å². The standard InChI is InChI=1S/C10H20N6/c11-1-5-15-7-3-13-9(15)10-14-4-8-16(10)6-2-12/h1-8,11-12H2. The van der Waals surface area contributed by atoms with Gasteiger partial charge in [0.2, 0.25) is 0 Å². The first-order chi connectivity index (χ1) is 7.86. The van der Waals surface area contributed by atoms with E-state index in [1.165, 1.54) is 0 Å². The highest BCUT2D eigenvalue weighted by Crippen LogP contribution is 2.10. The number of nitrogens with zero attached hydrogens (tertiary/aromatic N) is 4. The fourth-order valence-electron chi connectivity index (χ4n) is 2.14. The van der Waals surface area contributed by atoms with Gasteiger partial charge in [0.05, 0.1) is 13.1 Å². The molecule has 16 heavy (non-hydrogen) atoms. The first-order valence-corrected chi connectivity index (χ1v) is 5.86. The molecule has 0 fully saturated rings. The summed E-state index contributed by atoms with van der Waals surface area (Å²) in [5.41, 5.74) is 11.2. The Hall–Kier alpha value is -1.14. The van der Waals surface area contributed by atoms with Gasteiger partial charge >= 0.3 is 0 Å². The normalized spacial score (nSPS) is 20.4. The summed E-state index contributed by atoms with van der Waals surface area (Å²) in [6, 6.07) is 0. The highest BCUT2D eigenvalue weighted by atomic mass is 15.3. The van der Waals surface area contributed by atoms with E-state index < -0.39 is 0 Å². The van der Waals surface area contributed by atoms with Crippen molar-refractivity contribution in [1.29, 1.82) is 0 Å². The molecular weight excluding hydrogens is 204 g/mol. The van der Waals surface area contributed by atoms with E-state index in [4.69, 9.17) is 11.5 Å². The third-order valence-corrected chi connectivity index (χ3v) is 2.86. The van der Waals surface area contributed by atoms with Gasteiger partial charge in [-0.25, -0.2) is 0 Å². The molecule has 90 valence electrons. The van der Waals surface area contributed by atoms with Crippen molar-refractivity contribution in [3.8, 4) is 0 Å². The number of hydrogen-bond acceptors (Lipinski definition) is 6. The zero-order chi connectivity index (χ0) is 11.4. The molecule has 2 heterocycles. The van der Waals surface area contributed by atoms with Crippen LogP contribution >= 0.6 is 0 Å². The van der Waals surface area contributed by atoms with Crippen LogP contribution in [0.2, 0.25) is 0 Å². The molecule has 2 aliphatic heterocycles. The molecule has 0 unspecified atom stereocenters. The minimum atomic E-state index is 0.656. The smallest absolute Gasteiger partial charge is 0.167 e. The summed E-state index contributed by atoms with van der Waals surface area (Å²) in [6.07, 6.45) is 0. The lowest BCUT2D eigenvalue weighted by atomic mass is 10.4. The monoisotopic (exact) mass is 224 g/mol. The van der Waals surface area contributed by atoms with Gasteiger partial charge in [-0.3, -0.25) is 9.98 Å². The summed E-state index contributed by atoms with van der Waals surface area (Å²) in [5.74, 6) is 2.02. The molecule has 6 nitrogen and oxygen atoms in total. The topological polar surface area (TPSA) is 83.2 Å². The summed E-state index contributed by atoms with van der Waals surface area (Å²) >= 11 is 0. The molecule has 4 N–H and O–H groups in total. The molecule has 6 heteroatoms. The van der Waals surface area contributed by atoms with Gasteiger partial charge in [-0.1, -0.05) is 0 Å². The molecular formula is C10H20N6. The van der Waals surface area contributed by atoms with Crippen LogP contribution in [-0.4, -0.2) is 73.8 Å². The van der Waals surface area contributed by atoms with Crippen LogP contribution in [0.1, 0.15) is 0 Å². The molecule has 2 rings (SSSR count). The van der Waals surface area contributed by atoms with Crippen molar-refractivity contribution in [3.05, 3.63) is 0 Å². The molecule has 0 atom stereocenters. The minimum absolute atomic E-state index is 0.656. The van der Waals surface area contributed by atoms with Crippen LogP contribution in [0.25, 0.3) is 0 Å². The lowest BCUT2D eigenvalue weighted by Gasteiger charge is -2.25. The third-order valence-electron chi connectivity index (χ3n) is 2.86. The second-order valence-corrected chi connectivity index (χ2v) is 3.96. The van der Waals surface area contributed by atoms with E-state index >= 15 is 0 Å². The number of nitrogens with two attached hydrogens (primary N) is 2. The van der Waals surface area contributed by atoms with Crippen molar-refractivity contribution in [2.45, 2.75) is 0 Å². The second kappa shape index (κ2) is 5.27. The maximum atomic E-state index is 5.59. The second-order valence-electron chi connectivity index (χ2n) is 3.96. The van der Waals surface area contributed by atoms with Gasteiger partial charge < -0.3 is 21.3 Å². The number of aliphatic imine (C=N–C) groups is 2. The molecule has 0 saturated carbocycles. The van der Waals surface area contributed by atoms with Gasteiger partial charge in [0.15, 0.2) is 11.7 Å². The summed E-state index contributed by atoms with van der Waals surface area (Å²) in [6.45, 7) is 6.65. The maximum absolute atomic E-state index is 5.59. The molecule has 2 aliphatic rings. The van der Waals surface area contributed by atoms with E-state index in [2.05, 4.69) is 19.8 Å². The van der Waals surface area contributed by atoms with Crippen molar-refractivity contribution >= 4 is 11.7 Å². The van der Waals surface area contributed by atoms with Crippen LogP contribution < -0.4 is 11.5 Å². The fraction of sp³-hybridized carbons (Fsp3) is 0.800. The predicted molar refractivity (Wildman–Crippen MR) is 65.9 cm³/mol. The quantitative estimate of drug-likeness (QED) is 0.585. The minimum Gasteiger partial charge on any atom is -0.351 e. The van der Waals surface area contributed by atoms with E-state index in [9.17, 15) is 0 Å². The number of hydrogen-bond donors (Lipinski definition) is 2. The Morgan fingerprint density at radius 1 is 0.875 bits per heavy atom. The highest BCUT2D eigenvalue weighted by Gasteiger charge is 2.27. The molecule has 0 aliphatic carbocycles. The van der Waals surface area contributed by atoms with E-state index in [0.29, 0.717) is 13.1 Å². The van der Waals surface area contributed by atoms with Crippen LogP contribution in [0, 0.1) is 0 Å². The van der Waals surface area contributed by atoms with Crippen LogP contribution in [0.5, 0.6) is 0 Å². The van der Waals surface area contributed by atoms with Gasteiger partial charge in [0.25, 0.3) is 0 Å². The molecule has 0 aromatic carbocycles. The maximum Gasteiger partial charge on any atom is 0.167 e. The van der Waals surface area contributed by atoms with Gasteiger partial charge in [0.1, 0.15) is 0 Å². The summed E-state index contributed by atoms with van der Waals surface area (Å²) in [4.78, 5) is 13.5. The van der Waals surface area contributed by atoms with E-state index in [0.717, 1.165) is 50.9 Å². The van der Waals surface area contributed by atoms with Gasteiger partial charge in [-0.15, -0.1) is 0 Å². The zero-order valence-corrected chi connectivity index (χ0v) is 9.60. The highest BCUT2D eigenvalue weighted by molar-refractivity contribution is 6.41. The first-order valence-electron chi connectivity index (χ1n) is 5.86. The Bertz CT molecular complexity index is 268. The Morgan fingerprint density at radius 2 is 1.31 bits per heavy atom. The van der Waals surface area contributed by atoms with E-state index in [1.54, 1.807) is 0 Å². The number of amidine groups is 2. The van der Waals surface area contributed by atoms with Gasteiger partial charge in [-0.2, -0.15) is 0 Å². The molecule has 0 aromatic rings. The average molecular weight is 224 g/mol. The lowest BCUT2D eigenvalue weighted by molar-refractivity contribution is 0.448. The van der Waals surface area contributed by atoms with Crippen molar-refractivity contribution in [2.75, 3.05) is 52.4 Å². The SMILES string of the molecule is NCCN1CCN=C1C1=NCCN1CCN. The first kappa shape index (κ1) is 11.3. The Kier molecular flexibility index (Phi) is 3.74. The molecule has 0 saturated heterocycles. The van der Waals surface area contributed by atoms with Crippen molar-refractivity contribution < 1.29 is 0 Å². The fourth-order valence-corrected chi connectivity index (χ4v) is 2.14. The summed E-state index contributed by atoms with van der Waals surface area (Å²) < 4.78 is 0. The largest absolute Gasteiger partial charge is 0.351 e. The third kappa shape index (κ3) is 2.17. The zero-order valence-electron chi connectivity index (χ0n) is 9.60. The molecule has 0 amide bonds. The molecule has 0 bridgehead atoms. The Morgan fingerprint density at radius 3 is 1.69 bits per heavy atom. The lowest BCUT2D eigenvalue weighted by Crippen LogP contribution is -2.44. The van der Waals surface area contributed by atoms with Crippen LogP contribution in [0.15, 0.2) is 9.98 Å². The van der Waals surface area contributed by atoms with Gasteiger partial charge in [-0.05, 0) is 0 Å². The molecule has 0 radical (unpaired) electrons. The predicted octanol–water partition coefficient (Wildman–Crippen LogP) is -1.67. The average Bonchev–Trinajstić information content (AvgIpc) is 2.87. The Balaban J connectivity index is 2.05. The number of rotatable bonds is 5. The molecule has 0 aromatic heterocycles. The summed E-state index contributed by atoms with van der Waals surface area (Å²) in [5, 5.41) is 0. The van der Waals surface area contributed by atoms with Crippen LogP contribution in [0.4, 0.5) is 0 Å². The van der Waals surface area contributed by atoms with Crippen molar-refractivity contribution in [2.24, 2.45) is 21.5 Å².